The first kappa shape index (κ1) is 23.1. The molecule has 1 unspecified atom stereocenters. The van der Waals surface area contributed by atoms with Crippen molar-refractivity contribution in [3.8, 4) is 0 Å². The minimum Gasteiger partial charge on any atom is -0.379 e. The van der Waals surface area contributed by atoms with Crippen molar-refractivity contribution in [2.24, 2.45) is 4.99 Å². The number of halogens is 1. The third kappa shape index (κ3) is 10.8. The Kier molecular flexibility index (Phi) is 13.9. The van der Waals surface area contributed by atoms with Gasteiger partial charge in [-0.05, 0) is 19.3 Å². The lowest BCUT2D eigenvalue weighted by Crippen LogP contribution is -2.39. The van der Waals surface area contributed by atoms with Crippen molar-refractivity contribution in [1.29, 1.82) is 0 Å². The number of aliphatic imine (C=N–C) groups is 1. The standard InChI is InChI=1S/C16H30N4O3.HI/c1-4-8-17-16(19-12-15(21)20(2)3)18-9-6-10-22-13-14-7-5-11-23-14;/h4,14H,1,5-13H2,2-3H3,(H2,17,18,19);1H. The predicted molar refractivity (Wildman–Crippen MR) is 107 cm³/mol. The largest absolute Gasteiger partial charge is 0.379 e. The van der Waals surface area contributed by atoms with Gasteiger partial charge >= 0.3 is 0 Å². The Hall–Kier alpha value is -0.870. The number of guanidine groups is 1. The van der Waals surface area contributed by atoms with Crippen molar-refractivity contribution in [2.75, 3.05) is 53.6 Å². The molecule has 0 aliphatic carbocycles. The summed E-state index contributed by atoms with van der Waals surface area (Å²) in [5.74, 6) is 0.573. The van der Waals surface area contributed by atoms with Gasteiger partial charge in [-0.15, -0.1) is 30.6 Å². The molecule has 0 spiro atoms. The molecule has 0 aromatic carbocycles. The first-order chi connectivity index (χ1) is 11.1. The molecule has 0 aromatic heterocycles. The van der Waals surface area contributed by atoms with Gasteiger partial charge < -0.3 is 25.0 Å². The molecule has 140 valence electrons. The van der Waals surface area contributed by atoms with Crippen molar-refractivity contribution in [2.45, 2.75) is 25.4 Å². The molecule has 0 aromatic rings. The summed E-state index contributed by atoms with van der Waals surface area (Å²) in [6.07, 6.45) is 5.11. The molecule has 0 radical (unpaired) electrons. The molecular formula is C16H31IN4O3. The minimum atomic E-state index is -0.0374. The van der Waals surface area contributed by atoms with Crippen LogP contribution in [0.1, 0.15) is 19.3 Å². The highest BCUT2D eigenvalue weighted by molar-refractivity contribution is 14.0. The predicted octanol–water partition coefficient (Wildman–Crippen LogP) is 0.999. The van der Waals surface area contributed by atoms with E-state index in [1.54, 1.807) is 20.2 Å². The molecule has 8 heteroatoms. The number of ether oxygens (including phenoxy) is 2. The SMILES string of the molecule is C=CCNC(=NCC(=O)N(C)C)NCCCOCC1CCCO1.I. The molecule has 7 nitrogen and oxygen atoms in total. The van der Waals surface area contributed by atoms with Gasteiger partial charge in [0.15, 0.2) is 5.96 Å². The van der Waals surface area contributed by atoms with Crippen molar-refractivity contribution < 1.29 is 14.3 Å². The van der Waals surface area contributed by atoms with E-state index in [0.717, 1.165) is 32.4 Å². The summed E-state index contributed by atoms with van der Waals surface area (Å²) >= 11 is 0. The zero-order valence-corrected chi connectivity index (χ0v) is 17.1. The third-order valence-electron chi connectivity index (χ3n) is 3.37. The topological polar surface area (TPSA) is 75.2 Å². The number of amides is 1. The summed E-state index contributed by atoms with van der Waals surface area (Å²) in [6, 6.07) is 0. The van der Waals surface area contributed by atoms with Gasteiger partial charge in [0, 0.05) is 40.4 Å². The third-order valence-corrected chi connectivity index (χ3v) is 3.37. The second-order valence-electron chi connectivity index (χ2n) is 5.61. The Morgan fingerprint density at radius 2 is 2.25 bits per heavy atom. The molecule has 0 saturated carbocycles. The highest BCUT2D eigenvalue weighted by Crippen LogP contribution is 2.11. The van der Waals surface area contributed by atoms with Crippen LogP contribution in [0.3, 0.4) is 0 Å². The van der Waals surface area contributed by atoms with Crippen LogP contribution in [0, 0.1) is 0 Å². The molecule has 1 heterocycles. The Balaban J connectivity index is 0.00000529. The van der Waals surface area contributed by atoms with E-state index in [4.69, 9.17) is 9.47 Å². The van der Waals surface area contributed by atoms with Crippen LogP contribution >= 0.6 is 24.0 Å². The van der Waals surface area contributed by atoms with Gasteiger partial charge in [0.1, 0.15) is 6.54 Å². The summed E-state index contributed by atoms with van der Waals surface area (Å²) in [7, 11) is 3.43. The van der Waals surface area contributed by atoms with Crippen LogP contribution in [-0.4, -0.2) is 76.4 Å². The number of carbonyl (C=O) groups is 1. The Morgan fingerprint density at radius 1 is 1.46 bits per heavy atom. The number of nitrogens with one attached hydrogen (secondary N) is 2. The molecule has 1 aliphatic heterocycles. The van der Waals surface area contributed by atoms with Crippen LogP contribution in [0.2, 0.25) is 0 Å². The molecular weight excluding hydrogens is 423 g/mol. The Morgan fingerprint density at radius 3 is 2.88 bits per heavy atom. The fraction of sp³-hybridized carbons (Fsp3) is 0.750. The van der Waals surface area contributed by atoms with Gasteiger partial charge in [0.05, 0.1) is 12.7 Å². The van der Waals surface area contributed by atoms with Gasteiger partial charge in [-0.2, -0.15) is 0 Å². The molecule has 1 fully saturated rings. The highest BCUT2D eigenvalue weighted by atomic mass is 127. The van der Waals surface area contributed by atoms with Crippen molar-refractivity contribution >= 4 is 35.8 Å². The van der Waals surface area contributed by atoms with E-state index < -0.39 is 0 Å². The zero-order chi connectivity index (χ0) is 16.9. The van der Waals surface area contributed by atoms with Gasteiger partial charge in [-0.25, -0.2) is 4.99 Å². The van der Waals surface area contributed by atoms with Crippen molar-refractivity contribution in [3.63, 3.8) is 0 Å². The lowest BCUT2D eigenvalue weighted by Gasteiger charge is -2.13. The maximum absolute atomic E-state index is 11.6. The van der Waals surface area contributed by atoms with Crippen LogP contribution in [0.25, 0.3) is 0 Å². The van der Waals surface area contributed by atoms with Crippen LogP contribution in [-0.2, 0) is 14.3 Å². The van der Waals surface area contributed by atoms with Gasteiger partial charge in [0.2, 0.25) is 5.91 Å². The number of likely N-dealkylation sites (N-methyl/N-ethyl adjacent to an activating group) is 1. The van der Waals surface area contributed by atoms with E-state index >= 15 is 0 Å². The van der Waals surface area contributed by atoms with Crippen LogP contribution in [0.15, 0.2) is 17.6 Å². The average molecular weight is 454 g/mol. The maximum Gasteiger partial charge on any atom is 0.243 e. The van der Waals surface area contributed by atoms with Crippen LogP contribution in [0.5, 0.6) is 0 Å². The van der Waals surface area contributed by atoms with Gasteiger partial charge in [-0.1, -0.05) is 6.08 Å². The quantitative estimate of drug-likeness (QED) is 0.169. The lowest BCUT2D eigenvalue weighted by atomic mass is 10.2. The number of hydrogen-bond donors (Lipinski definition) is 2. The lowest BCUT2D eigenvalue weighted by molar-refractivity contribution is -0.127. The van der Waals surface area contributed by atoms with E-state index in [1.165, 1.54) is 4.90 Å². The van der Waals surface area contributed by atoms with Gasteiger partial charge in [0.25, 0.3) is 0 Å². The van der Waals surface area contributed by atoms with Crippen molar-refractivity contribution in [1.82, 2.24) is 15.5 Å². The van der Waals surface area contributed by atoms with E-state index in [1.807, 2.05) is 0 Å². The minimum absolute atomic E-state index is 0. The highest BCUT2D eigenvalue weighted by Gasteiger charge is 2.14. The van der Waals surface area contributed by atoms with Crippen LogP contribution < -0.4 is 10.6 Å². The summed E-state index contributed by atoms with van der Waals surface area (Å²) in [5.41, 5.74) is 0. The average Bonchev–Trinajstić information content (AvgIpc) is 3.05. The van der Waals surface area contributed by atoms with E-state index in [0.29, 0.717) is 25.7 Å². The fourth-order valence-electron chi connectivity index (χ4n) is 2.00. The molecule has 0 bridgehead atoms. The van der Waals surface area contributed by atoms with E-state index in [2.05, 4.69) is 22.2 Å². The molecule has 1 saturated heterocycles. The molecule has 1 atom stereocenters. The number of carbonyl (C=O) groups excluding carboxylic acids is 1. The molecule has 2 N–H and O–H groups in total. The number of nitrogens with zero attached hydrogens (tertiary/aromatic N) is 2. The van der Waals surface area contributed by atoms with Crippen LogP contribution in [0.4, 0.5) is 0 Å². The summed E-state index contributed by atoms with van der Waals surface area (Å²) in [5, 5.41) is 6.28. The second-order valence-corrected chi connectivity index (χ2v) is 5.61. The maximum atomic E-state index is 11.6. The normalized spacial score (nSPS) is 17.1. The summed E-state index contributed by atoms with van der Waals surface area (Å²) in [4.78, 5) is 17.4. The number of rotatable bonds is 10. The molecule has 1 aliphatic rings. The molecule has 1 amide bonds. The van der Waals surface area contributed by atoms with E-state index in [-0.39, 0.29) is 42.5 Å². The first-order valence-corrected chi connectivity index (χ1v) is 8.16. The summed E-state index contributed by atoms with van der Waals surface area (Å²) < 4.78 is 11.1. The molecule has 24 heavy (non-hydrogen) atoms. The fourth-order valence-corrected chi connectivity index (χ4v) is 2.00. The number of hydrogen-bond acceptors (Lipinski definition) is 4. The van der Waals surface area contributed by atoms with Gasteiger partial charge in [-0.3, -0.25) is 4.79 Å². The summed E-state index contributed by atoms with van der Waals surface area (Å²) in [6.45, 7) is 7.31. The smallest absolute Gasteiger partial charge is 0.243 e. The van der Waals surface area contributed by atoms with Crippen molar-refractivity contribution in [3.05, 3.63) is 12.7 Å². The second kappa shape index (κ2) is 14.5. The zero-order valence-electron chi connectivity index (χ0n) is 14.8. The first-order valence-electron chi connectivity index (χ1n) is 8.16. The molecule has 1 rings (SSSR count). The van der Waals surface area contributed by atoms with E-state index in [9.17, 15) is 4.79 Å². The Labute approximate surface area is 162 Å². The monoisotopic (exact) mass is 454 g/mol. The Bertz CT molecular complexity index is 386.